The molecule has 0 amide bonds. The largest absolute Gasteiger partial charge is 0.398 e. The van der Waals surface area contributed by atoms with Crippen molar-refractivity contribution in [2.45, 2.75) is 30.6 Å². The standard InChI is InChI=1S/C18H19NS/c19-18-11-8-15(13-6-9-16(20)10-7-13)12-17(18)14-4-2-1-3-5-14/h4,6-12,20H,1-3,5,19H2. The highest BCUT2D eigenvalue weighted by Crippen LogP contribution is 2.33. The van der Waals surface area contributed by atoms with Crippen LogP contribution in [0.4, 0.5) is 5.69 Å². The number of benzene rings is 2. The van der Waals surface area contributed by atoms with E-state index in [1.54, 1.807) is 0 Å². The first-order valence-electron chi connectivity index (χ1n) is 7.12. The molecule has 0 radical (unpaired) electrons. The first-order valence-corrected chi connectivity index (χ1v) is 7.57. The number of hydrogen-bond donors (Lipinski definition) is 2. The topological polar surface area (TPSA) is 26.0 Å². The van der Waals surface area contributed by atoms with Gasteiger partial charge < -0.3 is 5.73 Å². The van der Waals surface area contributed by atoms with Crippen molar-refractivity contribution in [2.75, 3.05) is 5.73 Å². The van der Waals surface area contributed by atoms with Crippen molar-refractivity contribution in [1.82, 2.24) is 0 Å². The molecule has 0 aliphatic heterocycles. The van der Waals surface area contributed by atoms with Crippen molar-refractivity contribution in [3.05, 3.63) is 54.1 Å². The van der Waals surface area contributed by atoms with Crippen LogP contribution in [0.3, 0.4) is 0 Å². The predicted octanol–water partition coefficient (Wildman–Crippen LogP) is 5.18. The maximum Gasteiger partial charge on any atom is 0.0390 e. The van der Waals surface area contributed by atoms with Gasteiger partial charge in [-0.2, -0.15) is 0 Å². The van der Waals surface area contributed by atoms with Crippen molar-refractivity contribution in [2.24, 2.45) is 0 Å². The molecule has 2 N–H and O–H groups in total. The second-order valence-corrected chi connectivity index (χ2v) is 5.84. The lowest BCUT2D eigenvalue weighted by atomic mass is 9.90. The molecule has 1 aliphatic carbocycles. The zero-order valence-electron chi connectivity index (χ0n) is 11.5. The number of allylic oxidation sites excluding steroid dienone is 2. The highest BCUT2D eigenvalue weighted by atomic mass is 32.1. The van der Waals surface area contributed by atoms with Crippen molar-refractivity contribution >= 4 is 23.9 Å². The van der Waals surface area contributed by atoms with E-state index in [2.05, 4.69) is 43.0 Å². The lowest BCUT2D eigenvalue weighted by Crippen LogP contribution is -1.97. The fraction of sp³-hybridized carbons (Fsp3) is 0.222. The summed E-state index contributed by atoms with van der Waals surface area (Å²) in [5.74, 6) is 0. The van der Waals surface area contributed by atoms with E-state index in [-0.39, 0.29) is 0 Å². The fourth-order valence-corrected chi connectivity index (χ4v) is 2.90. The smallest absolute Gasteiger partial charge is 0.0390 e. The molecule has 3 rings (SSSR count). The highest BCUT2D eigenvalue weighted by molar-refractivity contribution is 7.80. The summed E-state index contributed by atoms with van der Waals surface area (Å²) in [6.45, 7) is 0. The second kappa shape index (κ2) is 5.76. The Bertz CT molecular complexity index is 641. The zero-order chi connectivity index (χ0) is 13.9. The first-order chi connectivity index (χ1) is 9.74. The highest BCUT2D eigenvalue weighted by Gasteiger charge is 2.10. The van der Waals surface area contributed by atoms with E-state index in [0.29, 0.717) is 0 Å². The van der Waals surface area contributed by atoms with E-state index >= 15 is 0 Å². The molecule has 0 heterocycles. The summed E-state index contributed by atoms with van der Waals surface area (Å²) < 4.78 is 0. The summed E-state index contributed by atoms with van der Waals surface area (Å²) >= 11 is 4.33. The third-order valence-corrected chi connectivity index (χ3v) is 4.19. The number of anilines is 1. The molecule has 0 unspecified atom stereocenters. The summed E-state index contributed by atoms with van der Waals surface area (Å²) in [6, 6.07) is 14.6. The molecule has 102 valence electrons. The fourth-order valence-electron chi connectivity index (χ4n) is 2.75. The maximum absolute atomic E-state index is 6.17. The lowest BCUT2D eigenvalue weighted by molar-refractivity contribution is 0.742. The molecule has 2 aromatic carbocycles. The van der Waals surface area contributed by atoms with Gasteiger partial charge in [0.25, 0.3) is 0 Å². The van der Waals surface area contributed by atoms with Crippen LogP contribution in [0.1, 0.15) is 31.2 Å². The molecule has 0 saturated carbocycles. The molecular formula is C18H19NS. The quantitative estimate of drug-likeness (QED) is 0.575. The molecule has 20 heavy (non-hydrogen) atoms. The van der Waals surface area contributed by atoms with E-state index in [9.17, 15) is 0 Å². The molecule has 0 saturated heterocycles. The molecule has 0 spiro atoms. The van der Waals surface area contributed by atoms with E-state index < -0.39 is 0 Å². The molecule has 1 aliphatic rings. The molecule has 0 atom stereocenters. The van der Waals surface area contributed by atoms with Crippen molar-refractivity contribution in [1.29, 1.82) is 0 Å². The lowest BCUT2D eigenvalue weighted by Gasteiger charge is -2.16. The van der Waals surface area contributed by atoms with Crippen LogP contribution >= 0.6 is 12.6 Å². The van der Waals surface area contributed by atoms with Crippen LogP contribution in [-0.2, 0) is 0 Å². The molecule has 2 aromatic rings. The zero-order valence-corrected chi connectivity index (χ0v) is 12.4. The Morgan fingerprint density at radius 1 is 0.900 bits per heavy atom. The molecular weight excluding hydrogens is 262 g/mol. The first kappa shape index (κ1) is 13.3. The van der Waals surface area contributed by atoms with Crippen LogP contribution in [0.25, 0.3) is 16.7 Å². The summed E-state index contributed by atoms with van der Waals surface area (Å²) in [4.78, 5) is 0.986. The van der Waals surface area contributed by atoms with Gasteiger partial charge >= 0.3 is 0 Å². The minimum absolute atomic E-state index is 0.882. The van der Waals surface area contributed by atoms with Gasteiger partial charge in [-0.1, -0.05) is 24.3 Å². The van der Waals surface area contributed by atoms with Gasteiger partial charge in [0.15, 0.2) is 0 Å². The monoisotopic (exact) mass is 281 g/mol. The Morgan fingerprint density at radius 3 is 2.35 bits per heavy atom. The van der Waals surface area contributed by atoms with Crippen LogP contribution in [0, 0.1) is 0 Å². The summed E-state index contributed by atoms with van der Waals surface area (Å²) in [5, 5.41) is 0. The van der Waals surface area contributed by atoms with E-state index in [4.69, 9.17) is 5.73 Å². The van der Waals surface area contributed by atoms with Gasteiger partial charge in [-0.25, -0.2) is 0 Å². The van der Waals surface area contributed by atoms with Gasteiger partial charge in [-0.15, -0.1) is 12.6 Å². The van der Waals surface area contributed by atoms with E-state index in [1.165, 1.54) is 41.5 Å². The number of thiol groups is 1. The Hall–Kier alpha value is -1.67. The maximum atomic E-state index is 6.17. The SMILES string of the molecule is Nc1ccc(-c2ccc(S)cc2)cc1C1=CCCCC1. The summed E-state index contributed by atoms with van der Waals surface area (Å²) in [5.41, 5.74) is 12.1. The minimum atomic E-state index is 0.882. The third kappa shape index (κ3) is 2.75. The predicted molar refractivity (Wildman–Crippen MR) is 90.0 cm³/mol. The molecule has 2 heteroatoms. The summed E-state index contributed by atoms with van der Waals surface area (Å²) in [6.07, 6.45) is 7.22. The van der Waals surface area contributed by atoms with Crippen molar-refractivity contribution in [3.8, 4) is 11.1 Å². The van der Waals surface area contributed by atoms with Gasteiger partial charge in [0.2, 0.25) is 0 Å². The van der Waals surface area contributed by atoms with Gasteiger partial charge in [0.05, 0.1) is 0 Å². The minimum Gasteiger partial charge on any atom is -0.398 e. The van der Waals surface area contributed by atoms with Gasteiger partial charge in [-0.05, 0) is 66.6 Å². The Balaban J connectivity index is 2.01. The Labute approximate surface area is 125 Å². The molecule has 0 aromatic heterocycles. The average Bonchev–Trinajstić information content (AvgIpc) is 2.50. The van der Waals surface area contributed by atoms with Gasteiger partial charge in [0, 0.05) is 16.1 Å². The van der Waals surface area contributed by atoms with Crippen LogP contribution < -0.4 is 5.73 Å². The Kier molecular flexibility index (Phi) is 3.83. The number of nitrogen functional groups attached to an aromatic ring is 1. The van der Waals surface area contributed by atoms with Crippen LogP contribution in [0.2, 0.25) is 0 Å². The molecule has 0 fully saturated rings. The normalized spacial score (nSPS) is 14.9. The van der Waals surface area contributed by atoms with Crippen LogP contribution in [-0.4, -0.2) is 0 Å². The van der Waals surface area contributed by atoms with Crippen molar-refractivity contribution < 1.29 is 0 Å². The van der Waals surface area contributed by atoms with E-state index in [1.807, 2.05) is 18.2 Å². The molecule has 0 bridgehead atoms. The average molecular weight is 281 g/mol. The number of nitrogens with two attached hydrogens (primary N) is 1. The molecule has 1 nitrogen and oxygen atoms in total. The van der Waals surface area contributed by atoms with E-state index in [0.717, 1.165) is 17.0 Å². The number of rotatable bonds is 2. The second-order valence-electron chi connectivity index (χ2n) is 5.32. The van der Waals surface area contributed by atoms with Gasteiger partial charge in [-0.3, -0.25) is 0 Å². The van der Waals surface area contributed by atoms with Crippen LogP contribution in [0.15, 0.2) is 53.4 Å². The Morgan fingerprint density at radius 2 is 1.65 bits per heavy atom. The van der Waals surface area contributed by atoms with Crippen molar-refractivity contribution in [3.63, 3.8) is 0 Å². The number of hydrogen-bond acceptors (Lipinski definition) is 2. The third-order valence-electron chi connectivity index (χ3n) is 3.89. The van der Waals surface area contributed by atoms with Crippen LogP contribution in [0.5, 0.6) is 0 Å². The summed E-state index contributed by atoms with van der Waals surface area (Å²) in [7, 11) is 0. The van der Waals surface area contributed by atoms with Gasteiger partial charge in [0.1, 0.15) is 0 Å².